The summed E-state index contributed by atoms with van der Waals surface area (Å²) in [6, 6.07) is 10.6. The molecule has 0 bridgehead atoms. The van der Waals surface area contributed by atoms with Gasteiger partial charge in [0.05, 0.1) is 11.3 Å². The zero-order valence-corrected chi connectivity index (χ0v) is 15.6. The smallest absolute Gasteiger partial charge is 0.294 e. The van der Waals surface area contributed by atoms with Crippen LogP contribution in [-0.4, -0.2) is 32.7 Å². The van der Waals surface area contributed by atoms with Crippen LogP contribution in [0.4, 0.5) is 10.1 Å². The second-order valence-electron chi connectivity index (χ2n) is 5.84. The summed E-state index contributed by atoms with van der Waals surface area (Å²) in [7, 11) is 0. The lowest BCUT2D eigenvalue weighted by Gasteiger charge is -2.08. The molecule has 28 heavy (non-hydrogen) atoms. The molecule has 3 aromatic rings. The average Bonchev–Trinajstić information content (AvgIpc) is 3.23. The van der Waals surface area contributed by atoms with Crippen LogP contribution in [-0.2, 0) is 0 Å². The fourth-order valence-electron chi connectivity index (χ4n) is 2.53. The first-order valence-corrected chi connectivity index (χ1v) is 9.46. The zero-order chi connectivity index (χ0) is 19.9. The molecule has 0 aliphatic carbocycles. The molecule has 3 rings (SSSR count). The third-order valence-electron chi connectivity index (χ3n) is 3.91. The topological polar surface area (TPSA) is 90.1 Å². The van der Waals surface area contributed by atoms with E-state index >= 15 is 0 Å². The van der Waals surface area contributed by atoms with Crippen molar-refractivity contribution < 1.29 is 14.1 Å². The van der Waals surface area contributed by atoms with Crippen LogP contribution in [0, 0.1) is 15.9 Å². The summed E-state index contributed by atoms with van der Waals surface area (Å²) in [4.78, 5) is 28.0. The van der Waals surface area contributed by atoms with E-state index < -0.39 is 4.92 Å². The standard InChI is InChI=1S/C19H17FN4O3S/c20-15-3-5-16(6-4-15)28-11-1-8-22-19(25)14-2-7-17(18(12-14)24(26)27)23-10-9-21-13-23/h2-7,9-10,12-13H,1,8,11H2,(H,22,25). The molecule has 7 nitrogen and oxygen atoms in total. The van der Waals surface area contributed by atoms with Gasteiger partial charge in [-0.3, -0.25) is 14.9 Å². The van der Waals surface area contributed by atoms with E-state index in [1.165, 1.54) is 41.4 Å². The number of benzene rings is 2. The molecule has 0 radical (unpaired) electrons. The number of carbonyl (C=O) groups is 1. The van der Waals surface area contributed by atoms with Gasteiger partial charge in [-0.2, -0.15) is 0 Å². The van der Waals surface area contributed by atoms with E-state index in [0.29, 0.717) is 18.7 Å². The summed E-state index contributed by atoms with van der Waals surface area (Å²) in [6.45, 7) is 0.435. The number of rotatable bonds is 8. The zero-order valence-electron chi connectivity index (χ0n) is 14.7. The Morgan fingerprint density at radius 3 is 2.71 bits per heavy atom. The Hall–Kier alpha value is -3.20. The van der Waals surface area contributed by atoms with Gasteiger partial charge >= 0.3 is 0 Å². The van der Waals surface area contributed by atoms with Crippen LogP contribution >= 0.6 is 11.8 Å². The highest BCUT2D eigenvalue weighted by atomic mass is 32.2. The van der Waals surface area contributed by atoms with E-state index in [2.05, 4.69) is 10.3 Å². The summed E-state index contributed by atoms with van der Waals surface area (Å²) in [6.07, 6.45) is 5.29. The van der Waals surface area contributed by atoms with Crippen molar-refractivity contribution >= 4 is 23.4 Å². The largest absolute Gasteiger partial charge is 0.352 e. The lowest BCUT2D eigenvalue weighted by molar-refractivity contribution is -0.384. The Morgan fingerprint density at radius 1 is 1.25 bits per heavy atom. The number of carbonyl (C=O) groups excluding carboxylic acids is 1. The molecule has 0 atom stereocenters. The normalized spacial score (nSPS) is 10.6. The van der Waals surface area contributed by atoms with Gasteiger partial charge in [-0.25, -0.2) is 9.37 Å². The predicted molar refractivity (Wildman–Crippen MR) is 104 cm³/mol. The van der Waals surface area contributed by atoms with Crippen LogP contribution in [0.1, 0.15) is 16.8 Å². The number of aromatic nitrogens is 2. The first-order valence-electron chi connectivity index (χ1n) is 8.48. The van der Waals surface area contributed by atoms with E-state index in [-0.39, 0.29) is 23.0 Å². The van der Waals surface area contributed by atoms with Crippen molar-refractivity contribution in [3.63, 3.8) is 0 Å². The minimum absolute atomic E-state index is 0.169. The van der Waals surface area contributed by atoms with E-state index in [1.807, 2.05) is 0 Å². The Balaban J connectivity index is 1.54. The van der Waals surface area contributed by atoms with Crippen LogP contribution in [0.3, 0.4) is 0 Å². The van der Waals surface area contributed by atoms with Crippen LogP contribution in [0.25, 0.3) is 5.69 Å². The van der Waals surface area contributed by atoms with Crippen molar-refractivity contribution in [2.45, 2.75) is 11.3 Å². The molecule has 144 valence electrons. The maximum absolute atomic E-state index is 12.9. The summed E-state index contributed by atoms with van der Waals surface area (Å²) in [5, 5.41) is 14.1. The lowest BCUT2D eigenvalue weighted by Crippen LogP contribution is -2.25. The van der Waals surface area contributed by atoms with Crippen molar-refractivity contribution in [2.24, 2.45) is 0 Å². The minimum Gasteiger partial charge on any atom is -0.352 e. The number of hydrogen-bond acceptors (Lipinski definition) is 5. The SMILES string of the molecule is O=C(NCCCSc1ccc(F)cc1)c1ccc(-n2ccnc2)c([N+](=O)[O-])c1. The van der Waals surface area contributed by atoms with Gasteiger partial charge in [-0.05, 0) is 48.6 Å². The third kappa shape index (κ3) is 4.95. The molecule has 1 amide bonds. The number of thioether (sulfide) groups is 1. The van der Waals surface area contributed by atoms with Gasteiger partial charge in [0.1, 0.15) is 11.5 Å². The number of amides is 1. The third-order valence-corrected chi connectivity index (χ3v) is 5.00. The summed E-state index contributed by atoms with van der Waals surface area (Å²) in [5.74, 6) is 0.114. The molecular formula is C19H17FN4O3S. The molecule has 1 aromatic heterocycles. The van der Waals surface area contributed by atoms with Crippen molar-refractivity contribution in [1.29, 1.82) is 0 Å². The molecule has 0 unspecified atom stereocenters. The second kappa shape index (κ2) is 9.14. The Labute approximate surface area is 164 Å². The van der Waals surface area contributed by atoms with Crippen LogP contribution in [0.15, 0.2) is 66.1 Å². The van der Waals surface area contributed by atoms with E-state index in [0.717, 1.165) is 10.6 Å². The Morgan fingerprint density at radius 2 is 2.04 bits per heavy atom. The number of nitrogens with zero attached hydrogens (tertiary/aromatic N) is 3. The summed E-state index contributed by atoms with van der Waals surface area (Å²) in [5.41, 5.74) is 0.397. The molecule has 0 fully saturated rings. The Kier molecular flexibility index (Phi) is 6.38. The molecule has 9 heteroatoms. The van der Waals surface area contributed by atoms with Gasteiger partial charge < -0.3 is 9.88 Å². The number of hydrogen-bond donors (Lipinski definition) is 1. The molecular weight excluding hydrogens is 383 g/mol. The number of nitro benzene ring substituents is 1. The van der Waals surface area contributed by atoms with Gasteiger partial charge in [0, 0.05) is 35.5 Å². The predicted octanol–water partition coefficient (Wildman–Crippen LogP) is 3.83. The minimum atomic E-state index is -0.522. The maximum Gasteiger partial charge on any atom is 0.294 e. The highest BCUT2D eigenvalue weighted by molar-refractivity contribution is 7.99. The highest BCUT2D eigenvalue weighted by Gasteiger charge is 2.18. The summed E-state index contributed by atoms with van der Waals surface area (Å²) >= 11 is 1.57. The first kappa shape index (κ1) is 19.6. The number of nitrogens with one attached hydrogen (secondary N) is 1. The van der Waals surface area contributed by atoms with Crippen molar-refractivity contribution in [3.05, 3.63) is 82.7 Å². The van der Waals surface area contributed by atoms with Crippen LogP contribution in [0.5, 0.6) is 0 Å². The molecule has 1 N–H and O–H groups in total. The molecule has 0 saturated heterocycles. The van der Waals surface area contributed by atoms with Gasteiger partial charge in [0.15, 0.2) is 0 Å². The van der Waals surface area contributed by atoms with Gasteiger partial charge in [-0.1, -0.05) is 0 Å². The van der Waals surface area contributed by atoms with Gasteiger partial charge in [0.25, 0.3) is 11.6 Å². The van der Waals surface area contributed by atoms with Crippen LogP contribution in [0.2, 0.25) is 0 Å². The van der Waals surface area contributed by atoms with E-state index in [9.17, 15) is 19.3 Å². The van der Waals surface area contributed by atoms with Crippen molar-refractivity contribution in [2.75, 3.05) is 12.3 Å². The fourth-order valence-corrected chi connectivity index (χ4v) is 3.38. The first-order chi connectivity index (χ1) is 13.5. The monoisotopic (exact) mass is 400 g/mol. The Bertz CT molecular complexity index is 962. The number of nitro groups is 1. The second-order valence-corrected chi connectivity index (χ2v) is 7.01. The van der Waals surface area contributed by atoms with Crippen molar-refractivity contribution in [1.82, 2.24) is 14.9 Å². The highest BCUT2D eigenvalue weighted by Crippen LogP contribution is 2.24. The molecule has 0 aliphatic heterocycles. The van der Waals surface area contributed by atoms with Crippen molar-refractivity contribution in [3.8, 4) is 5.69 Å². The lowest BCUT2D eigenvalue weighted by atomic mass is 10.1. The fraction of sp³-hybridized carbons (Fsp3) is 0.158. The molecule has 0 saturated carbocycles. The summed E-state index contributed by atoms with van der Waals surface area (Å²) < 4.78 is 14.4. The molecule has 1 heterocycles. The van der Waals surface area contributed by atoms with E-state index in [4.69, 9.17) is 0 Å². The van der Waals surface area contributed by atoms with Gasteiger partial charge in [0.2, 0.25) is 0 Å². The number of imidazole rings is 1. The van der Waals surface area contributed by atoms with E-state index in [1.54, 1.807) is 36.2 Å². The quantitative estimate of drug-likeness (QED) is 0.269. The molecule has 0 aliphatic rings. The van der Waals surface area contributed by atoms with Gasteiger partial charge in [-0.15, -0.1) is 11.8 Å². The molecule has 2 aromatic carbocycles. The maximum atomic E-state index is 12.9. The number of halogens is 1. The molecule has 0 spiro atoms. The average molecular weight is 400 g/mol. The van der Waals surface area contributed by atoms with Crippen LogP contribution < -0.4 is 5.32 Å².